The van der Waals surface area contributed by atoms with E-state index in [9.17, 15) is 9.18 Å². The molecule has 0 atom stereocenters. The van der Waals surface area contributed by atoms with Crippen molar-refractivity contribution in [2.24, 2.45) is 0 Å². The van der Waals surface area contributed by atoms with Crippen LogP contribution in [0.5, 0.6) is 11.5 Å². The van der Waals surface area contributed by atoms with Crippen molar-refractivity contribution in [2.45, 2.75) is 0 Å². The zero-order valence-corrected chi connectivity index (χ0v) is 16.5. The highest BCUT2D eigenvalue weighted by Gasteiger charge is 2.08. The van der Waals surface area contributed by atoms with Gasteiger partial charge in [-0.05, 0) is 42.0 Å². The quantitative estimate of drug-likeness (QED) is 0.402. The number of methoxy groups -OCH3 is 2. The Hall–Kier alpha value is -4.00. The van der Waals surface area contributed by atoms with Gasteiger partial charge in [0.2, 0.25) is 0 Å². The Morgan fingerprint density at radius 3 is 2.17 bits per heavy atom. The summed E-state index contributed by atoms with van der Waals surface area (Å²) in [6.07, 6.45) is 0. The molecule has 3 aromatic carbocycles. The molecule has 0 unspecified atom stereocenters. The summed E-state index contributed by atoms with van der Waals surface area (Å²) in [4.78, 5) is 15.6. The van der Waals surface area contributed by atoms with Gasteiger partial charge in [-0.15, -0.1) is 0 Å². The molecule has 0 saturated heterocycles. The Labute approximate surface area is 172 Å². The molecule has 7 heteroatoms. The van der Waals surface area contributed by atoms with Crippen molar-refractivity contribution < 1.29 is 18.7 Å². The van der Waals surface area contributed by atoms with Gasteiger partial charge in [0.05, 0.1) is 14.2 Å². The minimum absolute atomic E-state index is 0.271. The molecule has 4 rings (SSSR count). The molecule has 0 aliphatic heterocycles. The van der Waals surface area contributed by atoms with E-state index in [1.165, 1.54) is 12.1 Å². The maximum Gasteiger partial charge on any atom is 0.323 e. The second-order valence-corrected chi connectivity index (χ2v) is 6.67. The molecule has 6 nitrogen and oxygen atoms in total. The minimum atomic E-state index is -0.390. The van der Waals surface area contributed by atoms with Gasteiger partial charge in [-0.3, -0.25) is 0 Å². The summed E-state index contributed by atoms with van der Waals surface area (Å²) >= 11 is 0. The zero-order valence-electron chi connectivity index (χ0n) is 16.5. The number of urea groups is 1. The maximum atomic E-state index is 13.4. The van der Waals surface area contributed by atoms with Gasteiger partial charge in [-0.1, -0.05) is 12.1 Å². The lowest BCUT2D eigenvalue weighted by Gasteiger charge is -2.11. The van der Waals surface area contributed by atoms with Crippen molar-refractivity contribution in [2.75, 3.05) is 24.9 Å². The minimum Gasteiger partial charge on any atom is -0.497 e. The van der Waals surface area contributed by atoms with Gasteiger partial charge in [-0.25, -0.2) is 9.18 Å². The fourth-order valence-electron chi connectivity index (χ4n) is 3.17. The lowest BCUT2D eigenvalue weighted by Crippen LogP contribution is -2.19. The fourth-order valence-corrected chi connectivity index (χ4v) is 3.17. The number of rotatable bonds is 5. The number of anilines is 2. The van der Waals surface area contributed by atoms with Crippen molar-refractivity contribution in [3.8, 4) is 22.8 Å². The molecule has 0 aliphatic rings. The lowest BCUT2D eigenvalue weighted by molar-refractivity contribution is 0.262. The first kappa shape index (κ1) is 19.3. The van der Waals surface area contributed by atoms with Crippen molar-refractivity contribution >= 4 is 28.3 Å². The standard InChI is InChI=1S/C23H20FN3O3/c1-29-19-11-18(12-20(13-19)30-2)26-23(28)25-17-6-3-14(4-7-17)22-10-15-9-16(24)5-8-21(15)27-22/h3-13,27H,1-2H3,(H2,25,26,28). The molecule has 30 heavy (non-hydrogen) atoms. The molecule has 3 N–H and O–H groups in total. The van der Waals surface area contributed by atoms with Crippen LogP contribution in [0.15, 0.2) is 66.7 Å². The average Bonchev–Trinajstić information content (AvgIpc) is 3.17. The Morgan fingerprint density at radius 2 is 1.50 bits per heavy atom. The van der Waals surface area contributed by atoms with E-state index in [2.05, 4.69) is 15.6 Å². The second kappa shape index (κ2) is 8.16. The molecule has 1 aromatic heterocycles. The van der Waals surface area contributed by atoms with Crippen LogP contribution < -0.4 is 20.1 Å². The first-order valence-electron chi connectivity index (χ1n) is 9.24. The number of nitrogens with one attached hydrogen (secondary N) is 3. The number of aromatic amines is 1. The Kier molecular flexibility index (Phi) is 5.26. The third-order valence-electron chi connectivity index (χ3n) is 4.65. The monoisotopic (exact) mass is 405 g/mol. The molecule has 2 amide bonds. The molecule has 4 aromatic rings. The molecule has 1 heterocycles. The molecule has 0 fully saturated rings. The van der Waals surface area contributed by atoms with Gasteiger partial charge in [0.15, 0.2) is 0 Å². The van der Waals surface area contributed by atoms with Crippen LogP contribution in [0.1, 0.15) is 0 Å². The summed E-state index contributed by atoms with van der Waals surface area (Å²) in [6.45, 7) is 0. The normalized spacial score (nSPS) is 10.6. The van der Waals surface area contributed by atoms with Crippen LogP contribution in [0.2, 0.25) is 0 Å². The lowest BCUT2D eigenvalue weighted by atomic mass is 10.1. The predicted molar refractivity (Wildman–Crippen MR) is 116 cm³/mol. The number of amides is 2. The van der Waals surface area contributed by atoms with Crippen LogP contribution in [-0.4, -0.2) is 25.2 Å². The van der Waals surface area contributed by atoms with Crippen LogP contribution in [0.4, 0.5) is 20.6 Å². The van der Waals surface area contributed by atoms with E-state index >= 15 is 0 Å². The van der Waals surface area contributed by atoms with Crippen LogP contribution >= 0.6 is 0 Å². The van der Waals surface area contributed by atoms with E-state index in [0.717, 1.165) is 22.2 Å². The van der Waals surface area contributed by atoms with E-state index < -0.39 is 0 Å². The number of benzene rings is 3. The molecule has 0 spiro atoms. The Bertz CT molecular complexity index is 1180. The zero-order chi connectivity index (χ0) is 21.1. The second-order valence-electron chi connectivity index (χ2n) is 6.67. The van der Waals surface area contributed by atoms with Gasteiger partial charge >= 0.3 is 6.03 Å². The molecule has 0 bridgehead atoms. The fraction of sp³-hybridized carbons (Fsp3) is 0.0870. The van der Waals surface area contributed by atoms with Crippen LogP contribution in [0.3, 0.4) is 0 Å². The third kappa shape index (κ3) is 4.20. The summed E-state index contributed by atoms with van der Waals surface area (Å²) in [5, 5.41) is 6.35. The van der Waals surface area contributed by atoms with E-state index in [-0.39, 0.29) is 11.8 Å². The Morgan fingerprint density at radius 1 is 0.833 bits per heavy atom. The number of hydrogen-bond donors (Lipinski definition) is 3. The van der Waals surface area contributed by atoms with Gasteiger partial charge < -0.3 is 25.1 Å². The van der Waals surface area contributed by atoms with Gasteiger partial charge in [0, 0.05) is 46.2 Å². The SMILES string of the molecule is COc1cc(NC(=O)Nc2ccc(-c3cc4cc(F)ccc4[nH]3)cc2)cc(OC)c1. The number of hydrogen-bond acceptors (Lipinski definition) is 3. The summed E-state index contributed by atoms with van der Waals surface area (Å²) in [6, 6.07) is 18.6. The van der Waals surface area contributed by atoms with E-state index in [1.54, 1.807) is 50.6 Å². The van der Waals surface area contributed by atoms with Gasteiger partial charge in [0.1, 0.15) is 17.3 Å². The number of ether oxygens (including phenoxy) is 2. The van der Waals surface area contributed by atoms with Crippen molar-refractivity contribution in [1.29, 1.82) is 0 Å². The first-order chi connectivity index (χ1) is 14.5. The highest BCUT2D eigenvalue weighted by atomic mass is 19.1. The molecule has 152 valence electrons. The molecule has 0 aliphatic carbocycles. The molecular formula is C23H20FN3O3. The highest BCUT2D eigenvalue weighted by molar-refractivity contribution is 6.00. The molecular weight excluding hydrogens is 385 g/mol. The number of fused-ring (bicyclic) bond motifs is 1. The number of H-pyrrole nitrogens is 1. The predicted octanol–water partition coefficient (Wildman–Crippen LogP) is 5.64. The molecule has 0 saturated carbocycles. The van der Waals surface area contributed by atoms with Crippen LogP contribution in [0, 0.1) is 5.82 Å². The van der Waals surface area contributed by atoms with Crippen molar-refractivity contribution in [3.63, 3.8) is 0 Å². The van der Waals surface area contributed by atoms with E-state index in [1.807, 2.05) is 18.2 Å². The average molecular weight is 405 g/mol. The van der Waals surface area contributed by atoms with Gasteiger partial charge in [0.25, 0.3) is 0 Å². The van der Waals surface area contributed by atoms with E-state index in [0.29, 0.717) is 22.9 Å². The van der Waals surface area contributed by atoms with Crippen molar-refractivity contribution in [3.05, 3.63) is 72.5 Å². The van der Waals surface area contributed by atoms with E-state index in [4.69, 9.17) is 9.47 Å². The Balaban J connectivity index is 1.46. The summed E-state index contributed by atoms with van der Waals surface area (Å²) in [7, 11) is 3.09. The maximum absolute atomic E-state index is 13.4. The number of carbonyl (C=O) groups is 1. The largest absolute Gasteiger partial charge is 0.497 e. The topological polar surface area (TPSA) is 75.4 Å². The van der Waals surface area contributed by atoms with Crippen LogP contribution in [-0.2, 0) is 0 Å². The number of aromatic nitrogens is 1. The number of carbonyl (C=O) groups excluding carboxylic acids is 1. The highest BCUT2D eigenvalue weighted by Crippen LogP contribution is 2.27. The van der Waals surface area contributed by atoms with Crippen molar-refractivity contribution in [1.82, 2.24) is 4.98 Å². The summed E-state index contributed by atoms with van der Waals surface area (Å²) in [5.74, 6) is 0.881. The summed E-state index contributed by atoms with van der Waals surface area (Å²) in [5.41, 5.74) is 3.84. The van der Waals surface area contributed by atoms with Crippen LogP contribution in [0.25, 0.3) is 22.2 Å². The smallest absolute Gasteiger partial charge is 0.323 e. The third-order valence-corrected chi connectivity index (χ3v) is 4.65. The first-order valence-corrected chi connectivity index (χ1v) is 9.24. The summed E-state index contributed by atoms with van der Waals surface area (Å²) < 4.78 is 23.8. The molecule has 0 radical (unpaired) electrons. The number of halogens is 1. The van der Waals surface area contributed by atoms with Gasteiger partial charge in [-0.2, -0.15) is 0 Å².